The van der Waals surface area contributed by atoms with Crippen molar-refractivity contribution in [2.75, 3.05) is 0 Å². The van der Waals surface area contributed by atoms with Gasteiger partial charge in [0.15, 0.2) is 0 Å². The summed E-state index contributed by atoms with van der Waals surface area (Å²) in [5.74, 6) is 0.671. The summed E-state index contributed by atoms with van der Waals surface area (Å²) in [7, 11) is 0. The molecule has 0 unspecified atom stereocenters. The Balaban J connectivity index is 2.28. The van der Waals surface area contributed by atoms with Crippen molar-refractivity contribution in [3.8, 4) is 11.5 Å². The molecule has 0 saturated carbocycles. The first-order valence-corrected chi connectivity index (χ1v) is 6.70. The van der Waals surface area contributed by atoms with E-state index in [9.17, 15) is 4.39 Å². The summed E-state index contributed by atoms with van der Waals surface area (Å²) in [6.45, 7) is 1.89. The molecule has 2 rings (SSSR count). The second kappa shape index (κ2) is 5.67. The van der Waals surface area contributed by atoms with Crippen LogP contribution in [0.25, 0.3) is 0 Å². The quantitative estimate of drug-likeness (QED) is 0.845. The smallest absolute Gasteiger partial charge is 0.131 e. The standard InChI is InChI=1S/C14H11BrFNOS/c1-8-4-11(2-3-13(8)14(17)19)18-12-6-9(15)5-10(16)7-12/h2-7H,1H3,(H2,17,19). The fraction of sp³-hybridized carbons (Fsp3) is 0.0714. The van der Waals surface area contributed by atoms with Crippen LogP contribution >= 0.6 is 28.1 Å². The number of halogens is 2. The van der Waals surface area contributed by atoms with Crippen LogP contribution in [-0.4, -0.2) is 4.99 Å². The predicted octanol–water partition coefficient (Wildman–Crippen LogP) is 4.32. The van der Waals surface area contributed by atoms with Gasteiger partial charge in [0, 0.05) is 16.1 Å². The molecule has 0 aliphatic heterocycles. The van der Waals surface area contributed by atoms with Crippen LogP contribution in [0, 0.1) is 12.7 Å². The van der Waals surface area contributed by atoms with Gasteiger partial charge in [-0.2, -0.15) is 0 Å². The van der Waals surface area contributed by atoms with E-state index >= 15 is 0 Å². The van der Waals surface area contributed by atoms with E-state index in [2.05, 4.69) is 15.9 Å². The molecule has 2 aromatic carbocycles. The van der Waals surface area contributed by atoms with Gasteiger partial charge in [0.2, 0.25) is 0 Å². The van der Waals surface area contributed by atoms with Crippen LogP contribution in [0.3, 0.4) is 0 Å². The van der Waals surface area contributed by atoms with Crippen molar-refractivity contribution in [1.29, 1.82) is 0 Å². The van der Waals surface area contributed by atoms with Gasteiger partial charge in [0.05, 0.1) is 0 Å². The molecule has 0 aromatic heterocycles. The molecule has 19 heavy (non-hydrogen) atoms. The third kappa shape index (κ3) is 3.52. The lowest BCUT2D eigenvalue weighted by atomic mass is 10.1. The molecule has 0 aliphatic carbocycles. The molecule has 0 aliphatic rings. The normalized spacial score (nSPS) is 10.3. The second-order valence-electron chi connectivity index (χ2n) is 4.05. The van der Waals surface area contributed by atoms with Crippen LogP contribution in [0.15, 0.2) is 40.9 Å². The topological polar surface area (TPSA) is 35.2 Å². The second-order valence-corrected chi connectivity index (χ2v) is 5.40. The van der Waals surface area contributed by atoms with E-state index in [0.717, 1.165) is 11.1 Å². The molecule has 2 nitrogen and oxygen atoms in total. The Labute approximate surface area is 124 Å². The van der Waals surface area contributed by atoms with Crippen LogP contribution in [0.1, 0.15) is 11.1 Å². The van der Waals surface area contributed by atoms with Gasteiger partial charge in [0.25, 0.3) is 0 Å². The van der Waals surface area contributed by atoms with E-state index in [1.807, 2.05) is 13.0 Å². The van der Waals surface area contributed by atoms with E-state index in [-0.39, 0.29) is 5.82 Å². The lowest BCUT2D eigenvalue weighted by Crippen LogP contribution is -2.10. The van der Waals surface area contributed by atoms with Crippen molar-refractivity contribution in [2.24, 2.45) is 5.73 Å². The molecule has 0 bridgehead atoms. The molecule has 2 N–H and O–H groups in total. The number of benzene rings is 2. The summed E-state index contributed by atoms with van der Waals surface area (Å²) in [6, 6.07) is 9.74. The van der Waals surface area contributed by atoms with Gasteiger partial charge in [-0.25, -0.2) is 4.39 Å². The maximum absolute atomic E-state index is 13.2. The Morgan fingerprint density at radius 3 is 2.53 bits per heavy atom. The number of rotatable bonds is 3. The number of nitrogens with two attached hydrogens (primary N) is 1. The Morgan fingerprint density at radius 2 is 1.95 bits per heavy atom. The Hall–Kier alpha value is -1.46. The average molecular weight is 340 g/mol. The summed E-state index contributed by atoms with van der Waals surface area (Å²) in [6.07, 6.45) is 0. The lowest BCUT2D eigenvalue weighted by molar-refractivity contribution is 0.476. The molecule has 2 aromatic rings. The largest absolute Gasteiger partial charge is 0.457 e. The van der Waals surface area contributed by atoms with Crippen molar-refractivity contribution in [1.82, 2.24) is 0 Å². The van der Waals surface area contributed by atoms with Gasteiger partial charge in [0.1, 0.15) is 22.3 Å². The Kier molecular flexibility index (Phi) is 4.17. The highest BCUT2D eigenvalue weighted by Crippen LogP contribution is 2.27. The molecule has 0 radical (unpaired) electrons. The molecule has 0 spiro atoms. The van der Waals surface area contributed by atoms with Crippen LogP contribution in [0.2, 0.25) is 0 Å². The number of ether oxygens (including phenoxy) is 1. The van der Waals surface area contributed by atoms with Crippen molar-refractivity contribution < 1.29 is 9.13 Å². The average Bonchev–Trinajstić information content (AvgIpc) is 2.26. The number of aryl methyl sites for hydroxylation is 1. The Bertz CT molecular complexity index is 625. The summed E-state index contributed by atoms with van der Waals surface area (Å²) < 4.78 is 19.5. The fourth-order valence-electron chi connectivity index (χ4n) is 1.70. The number of hydrogen-bond acceptors (Lipinski definition) is 2. The molecule has 98 valence electrons. The van der Waals surface area contributed by atoms with Gasteiger partial charge in [-0.15, -0.1) is 0 Å². The minimum Gasteiger partial charge on any atom is -0.457 e. The van der Waals surface area contributed by atoms with Crippen LogP contribution in [-0.2, 0) is 0 Å². The van der Waals surface area contributed by atoms with Crippen molar-refractivity contribution in [3.63, 3.8) is 0 Å². The minimum absolute atomic E-state index is 0.345. The summed E-state index contributed by atoms with van der Waals surface area (Å²) >= 11 is 8.16. The highest BCUT2D eigenvalue weighted by Gasteiger charge is 2.05. The predicted molar refractivity (Wildman–Crippen MR) is 81.2 cm³/mol. The van der Waals surface area contributed by atoms with Gasteiger partial charge in [-0.05, 0) is 42.8 Å². The highest BCUT2D eigenvalue weighted by atomic mass is 79.9. The van der Waals surface area contributed by atoms with Gasteiger partial charge in [-0.3, -0.25) is 0 Å². The molecule has 0 amide bonds. The molecule has 0 saturated heterocycles. The first kappa shape index (κ1) is 14.0. The van der Waals surface area contributed by atoms with E-state index < -0.39 is 0 Å². The van der Waals surface area contributed by atoms with Gasteiger partial charge < -0.3 is 10.5 Å². The molecule has 0 fully saturated rings. The highest BCUT2D eigenvalue weighted by molar-refractivity contribution is 9.10. The monoisotopic (exact) mass is 339 g/mol. The van der Waals surface area contributed by atoms with Crippen LogP contribution in [0.5, 0.6) is 11.5 Å². The summed E-state index contributed by atoms with van der Waals surface area (Å²) in [5.41, 5.74) is 7.32. The first-order chi connectivity index (χ1) is 8.95. The molecule has 0 heterocycles. The number of hydrogen-bond donors (Lipinski definition) is 1. The van der Waals surface area contributed by atoms with E-state index in [1.165, 1.54) is 12.1 Å². The zero-order valence-electron chi connectivity index (χ0n) is 10.1. The fourth-order valence-corrected chi connectivity index (χ4v) is 2.37. The van der Waals surface area contributed by atoms with Gasteiger partial charge in [-0.1, -0.05) is 28.1 Å². The van der Waals surface area contributed by atoms with Crippen molar-refractivity contribution >= 4 is 33.1 Å². The summed E-state index contributed by atoms with van der Waals surface area (Å²) in [4.78, 5) is 0.345. The molecule has 5 heteroatoms. The van der Waals surface area contributed by atoms with Crippen molar-refractivity contribution in [3.05, 3.63) is 57.8 Å². The minimum atomic E-state index is -0.360. The lowest BCUT2D eigenvalue weighted by Gasteiger charge is -2.09. The zero-order chi connectivity index (χ0) is 14.0. The third-order valence-corrected chi connectivity index (χ3v) is 3.21. The van der Waals surface area contributed by atoms with E-state index in [1.54, 1.807) is 18.2 Å². The zero-order valence-corrected chi connectivity index (χ0v) is 12.5. The maximum Gasteiger partial charge on any atom is 0.131 e. The van der Waals surface area contributed by atoms with Gasteiger partial charge >= 0.3 is 0 Å². The first-order valence-electron chi connectivity index (χ1n) is 5.50. The third-order valence-electron chi connectivity index (χ3n) is 2.54. The Morgan fingerprint density at radius 1 is 1.21 bits per heavy atom. The maximum atomic E-state index is 13.2. The van der Waals surface area contributed by atoms with Crippen LogP contribution in [0.4, 0.5) is 4.39 Å². The molecule has 0 atom stereocenters. The SMILES string of the molecule is Cc1cc(Oc2cc(F)cc(Br)c2)ccc1C(N)=S. The molecular formula is C14H11BrFNOS. The van der Waals surface area contributed by atoms with Crippen molar-refractivity contribution in [2.45, 2.75) is 6.92 Å². The van der Waals surface area contributed by atoms with E-state index in [4.69, 9.17) is 22.7 Å². The van der Waals surface area contributed by atoms with Crippen LogP contribution < -0.4 is 10.5 Å². The molecular weight excluding hydrogens is 329 g/mol. The number of thiocarbonyl (C=S) groups is 1. The van der Waals surface area contributed by atoms with E-state index in [0.29, 0.717) is 21.0 Å². The summed E-state index contributed by atoms with van der Waals surface area (Å²) in [5, 5.41) is 0.